The normalized spacial score (nSPS) is 49.2. The van der Waals surface area contributed by atoms with E-state index in [1.165, 1.54) is 38.4 Å². The number of rotatable bonds is 4. The Labute approximate surface area is 166 Å². The second kappa shape index (κ2) is 5.52. The summed E-state index contributed by atoms with van der Waals surface area (Å²) in [6, 6.07) is 0. The fraction of sp³-hybridized carbons (Fsp3) is 0.750. The van der Waals surface area contributed by atoms with Gasteiger partial charge in [0.25, 0.3) is 0 Å². The maximum atomic E-state index is 13.8. The summed E-state index contributed by atoms with van der Waals surface area (Å²) in [6.07, 6.45) is 12.5. The van der Waals surface area contributed by atoms with Crippen LogP contribution in [-0.2, 0) is 19.1 Å². The van der Waals surface area contributed by atoms with E-state index in [-0.39, 0.29) is 29.9 Å². The van der Waals surface area contributed by atoms with Crippen molar-refractivity contribution in [2.45, 2.75) is 63.9 Å². The number of fused-ring (bicyclic) bond motifs is 10. The molecule has 3 fully saturated rings. The van der Waals surface area contributed by atoms with Crippen molar-refractivity contribution in [3.63, 3.8) is 0 Å². The fourth-order valence-electron chi connectivity index (χ4n) is 8.24. The van der Waals surface area contributed by atoms with Gasteiger partial charge in [-0.25, -0.2) is 0 Å². The summed E-state index contributed by atoms with van der Waals surface area (Å²) >= 11 is 0. The number of carbonyl (C=O) groups excluding carboxylic acids is 2. The van der Waals surface area contributed by atoms with Gasteiger partial charge in [0.15, 0.2) is 0 Å². The van der Waals surface area contributed by atoms with E-state index in [1.54, 1.807) is 5.57 Å². The largest absolute Gasteiger partial charge is 0.469 e. The van der Waals surface area contributed by atoms with Crippen LogP contribution >= 0.6 is 0 Å². The Hall–Kier alpha value is -1.58. The van der Waals surface area contributed by atoms with Crippen molar-refractivity contribution in [1.29, 1.82) is 0 Å². The molecular weight excluding hydrogens is 352 g/mol. The van der Waals surface area contributed by atoms with E-state index in [2.05, 4.69) is 19.1 Å². The van der Waals surface area contributed by atoms with Crippen LogP contribution in [0.25, 0.3) is 0 Å². The van der Waals surface area contributed by atoms with Crippen LogP contribution in [0.15, 0.2) is 23.3 Å². The minimum absolute atomic E-state index is 0.112. The van der Waals surface area contributed by atoms with Crippen molar-refractivity contribution >= 4 is 11.9 Å². The van der Waals surface area contributed by atoms with Crippen molar-refractivity contribution in [2.75, 3.05) is 7.11 Å². The van der Waals surface area contributed by atoms with E-state index in [4.69, 9.17) is 9.47 Å². The highest BCUT2D eigenvalue weighted by Crippen LogP contribution is 2.68. The van der Waals surface area contributed by atoms with Crippen LogP contribution in [-0.4, -0.2) is 24.6 Å². The summed E-state index contributed by atoms with van der Waals surface area (Å²) in [5.41, 5.74) is 2.05. The van der Waals surface area contributed by atoms with Crippen LogP contribution in [0.1, 0.15) is 58.3 Å². The lowest BCUT2D eigenvalue weighted by Crippen LogP contribution is -2.47. The first-order valence-corrected chi connectivity index (χ1v) is 11.2. The Morgan fingerprint density at radius 2 is 1.86 bits per heavy atom. The Bertz CT molecular complexity index is 824. The Balaban J connectivity index is 1.33. The maximum Gasteiger partial charge on any atom is 0.313 e. The van der Waals surface area contributed by atoms with Crippen molar-refractivity contribution in [3.05, 3.63) is 23.3 Å². The predicted octanol–water partition coefficient (Wildman–Crippen LogP) is 4.20. The van der Waals surface area contributed by atoms with Gasteiger partial charge in [0.05, 0.1) is 18.9 Å². The van der Waals surface area contributed by atoms with Gasteiger partial charge < -0.3 is 9.47 Å². The van der Waals surface area contributed by atoms with E-state index in [0.717, 1.165) is 19.3 Å². The number of hydrogen-bond donors (Lipinski definition) is 0. The molecule has 8 unspecified atom stereocenters. The average molecular weight is 383 g/mol. The van der Waals surface area contributed by atoms with Gasteiger partial charge >= 0.3 is 11.9 Å². The van der Waals surface area contributed by atoms with Crippen LogP contribution in [0, 0.1) is 40.9 Å². The predicted molar refractivity (Wildman–Crippen MR) is 103 cm³/mol. The molecule has 4 heteroatoms. The molecule has 0 spiro atoms. The van der Waals surface area contributed by atoms with E-state index < -0.39 is 5.41 Å². The van der Waals surface area contributed by atoms with Crippen LogP contribution in [0.5, 0.6) is 0 Å². The first kappa shape index (κ1) is 17.3. The van der Waals surface area contributed by atoms with Crippen LogP contribution < -0.4 is 0 Å². The zero-order valence-electron chi connectivity index (χ0n) is 16.9. The molecule has 0 aromatic heterocycles. The molecule has 6 bridgehead atoms. The molecule has 6 aliphatic carbocycles. The number of ether oxygens (including phenoxy) is 2. The highest BCUT2D eigenvalue weighted by atomic mass is 16.6. The molecule has 8 atom stereocenters. The zero-order valence-corrected chi connectivity index (χ0v) is 16.9. The second-order valence-electron chi connectivity index (χ2n) is 10.6. The average Bonchev–Trinajstić information content (AvgIpc) is 3.46. The molecule has 0 saturated heterocycles. The third kappa shape index (κ3) is 2.07. The van der Waals surface area contributed by atoms with Gasteiger partial charge in [-0.3, -0.25) is 9.59 Å². The summed E-state index contributed by atoms with van der Waals surface area (Å²) in [5, 5.41) is 0. The maximum absolute atomic E-state index is 13.8. The number of hydrogen-bond acceptors (Lipinski definition) is 4. The van der Waals surface area contributed by atoms with Crippen molar-refractivity contribution in [3.8, 4) is 0 Å². The van der Waals surface area contributed by atoms with Crippen molar-refractivity contribution in [2.24, 2.45) is 40.9 Å². The molecule has 0 heterocycles. The lowest BCUT2D eigenvalue weighted by molar-refractivity contribution is -0.181. The Morgan fingerprint density at radius 1 is 1.07 bits per heavy atom. The van der Waals surface area contributed by atoms with Gasteiger partial charge in [-0.15, -0.1) is 0 Å². The third-order valence-corrected chi connectivity index (χ3v) is 9.35. The molecular formula is C24H30O4. The monoisotopic (exact) mass is 382 g/mol. The summed E-state index contributed by atoms with van der Waals surface area (Å²) in [6.45, 7) is 2.14. The molecule has 0 aromatic carbocycles. The summed E-state index contributed by atoms with van der Waals surface area (Å²) in [4.78, 5) is 26.2. The van der Waals surface area contributed by atoms with Crippen LogP contribution in [0.2, 0.25) is 0 Å². The minimum atomic E-state index is -0.709. The number of esters is 2. The van der Waals surface area contributed by atoms with E-state index in [0.29, 0.717) is 29.6 Å². The molecule has 0 aromatic rings. The van der Waals surface area contributed by atoms with Gasteiger partial charge in [-0.2, -0.15) is 0 Å². The molecule has 0 aliphatic heterocycles. The molecule has 0 radical (unpaired) electrons. The quantitative estimate of drug-likeness (QED) is 0.415. The Morgan fingerprint density at radius 3 is 2.54 bits per heavy atom. The van der Waals surface area contributed by atoms with Crippen LogP contribution in [0.3, 0.4) is 0 Å². The number of allylic oxidation sites excluding steroid dienone is 4. The minimum Gasteiger partial charge on any atom is -0.469 e. The topological polar surface area (TPSA) is 52.6 Å². The third-order valence-electron chi connectivity index (χ3n) is 9.35. The molecule has 0 amide bonds. The van der Waals surface area contributed by atoms with E-state index >= 15 is 0 Å². The standard InChI is InChI=1S/C24H30O4/c1-23(10-13-3-6-17(23)7-13)28-22(26)24(12-19(25)27-2)11-16-9-18(24)21-15-5-4-14(8-15)20(16)21/h4-5,13-18H,3,6-12H2,1-2H3. The molecule has 28 heavy (non-hydrogen) atoms. The SMILES string of the molecule is COC(=O)CC1(C(=O)OC2(C)CC3CCC2C3)CC2CC1C1=C2C2C=CC1C2. The highest BCUT2D eigenvalue weighted by molar-refractivity contribution is 5.86. The lowest BCUT2D eigenvalue weighted by atomic mass is 9.66. The molecule has 3 saturated carbocycles. The highest BCUT2D eigenvalue weighted by Gasteiger charge is 2.65. The van der Waals surface area contributed by atoms with Gasteiger partial charge in [0, 0.05) is 0 Å². The van der Waals surface area contributed by atoms with Gasteiger partial charge in [0.1, 0.15) is 5.60 Å². The summed E-state index contributed by atoms with van der Waals surface area (Å²) in [5.74, 6) is 2.51. The van der Waals surface area contributed by atoms with Gasteiger partial charge in [0.2, 0.25) is 0 Å². The second-order valence-corrected chi connectivity index (χ2v) is 10.6. The molecule has 150 valence electrons. The van der Waals surface area contributed by atoms with Crippen LogP contribution in [0.4, 0.5) is 0 Å². The van der Waals surface area contributed by atoms with Gasteiger partial charge in [-0.1, -0.05) is 23.3 Å². The molecule has 4 nitrogen and oxygen atoms in total. The lowest BCUT2D eigenvalue weighted by Gasteiger charge is -2.42. The first-order chi connectivity index (χ1) is 13.4. The first-order valence-electron chi connectivity index (χ1n) is 11.2. The smallest absolute Gasteiger partial charge is 0.313 e. The summed E-state index contributed by atoms with van der Waals surface area (Å²) in [7, 11) is 1.43. The number of methoxy groups -OCH3 is 1. The molecule has 0 N–H and O–H groups in total. The number of carbonyl (C=O) groups is 2. The zero-order chi connectivity index (χ0) is 19.3. The van der Waals surface area contributed by atoms with Gasteiger partial charge in [-0.05, 0) is 87.4 Å². The van der Waals surface area contributed by atoms with Crippen molar-refractivity contribution in [1.82, 2.24) is 0 Å². The fourth-order valence-corrected chi connectivity index (χ4v) is 8.24. The Kier molecular flexibility index (Phi) is 3.41. The van der Waals surface area contributed by atoms with E-state index in [1.807, 2.05) is 0 Å². The summed E-state index contributed by atoms with van der Waals surface area (Å²) < 4.78 is 11.4. The molecule has 6 rings (SSSR count). The molecule has 6 aliphatic rings. The van der Waals surface area contributed by atoms with E-state index in [9.17, 15) is 9.59 Å². The van der Waals surface area contributed by atoms with Crippen molar-refractivity contribution < 1.29 is 19.1 Å².